The van der Waals surface area contributed by atoms with Gasteiger partial charge in [-0.2, -0.15) is 5.10 Å². The van der Waals surface area contributed by atoms with Crippen LogP contribution in [0.25, 0.3) is 22.3 Å². The molecule has 1 saturated heterocycles. The van der Waals surface area contributed by atoms with Gasteiger partial charge < -0.3 is 10.2 Å². The van der Waals surface area contributed by atoms with Crippen LogP contribution in [0, 0.1) is 0 Å². The molecule has 1 N–H and O–H groups in total. The SMILES string of the molecule is CCn1ncc2c(C(=O)N3CCC(NC)CC3)cc(-c3ccccc3)nc21. The van der Waals surface area contributed by atoms with E-state index in [0.29, 0.717) is 11.6 Å². The molecule has 27 heavy (non-hydrogen) atoms. The van der Waals surface area contributed by atoms with Crippen LogP contribution >= 0.6 is 0 Å². The Bertz CT molecular complexity index is 942. The predicted octanol–water partition coefficient (Wildman–Crippen LogP) is 2.94. The third-order valence-corrected chi connectivity index (χ3v) is 5.40. The molecule has 1 fully saturated rings. The molecule has 0 spiro atoms. The Morgan fingerprint density at radius 1 is 1.22 bits per heavy atom. The van der Waals surface area contributed by atoms with Gasteiger partial charge >= 0.3 is 0 Å². The summed E-state index contributed by atoms with van der Waals surface area (Å²) in [6, 6.07) is 12.4. The molecular weight excluding hydrogens is 338 g/mol. The molecule has 0 bridgehead atoms. The summed E-state index contributed by atoms with van der Waals surface area (Å²) in [6.45, 7) is 4.30. The zero-order chi connectivity index (χ0) is 18.8. The number of pyridine rings is 1. The molecule has 0 aliphatic carbocycles. The lowest BCUT2D eigenvalue weighted by atomic mass is 10.0. The number of aromatic nitrogens is 3. The highest BCUT2D eigenvalue weighted by Crippen LogP contribution is 2.26. The van der Waals surface area contributed by atoms with Crippen molar-refractivity contribution in [1.82, 2.24) is 25.0 Å². The van der Waals surface area contributed by atoms with Crippen LogP contribution in [0.5, 0.6) is 0 Å². The second-order valence-electron chi connectivity index (χ2n) is 6.97. The maximum Gasteiger partial charge on any atom is 0.254 e. The Morgan fingerprint density at radius 3 is 2.63 bits per heavy atom. The molecule has 0 saturated carbocycles. The largest absolute Gasteiger partial charge is 0.339 e. The average molecular weight is 363 g/mol. The standard InChI is InChI=1S/C21H25N5O/c1-3-26-20-18(14-23-26)17(13-19(24-20)15-7-5-4-6-8-15)21(27)25-11-9-16(22-2)10-12-25/h4-8,13-14,16,22H,3,9-12H2,1-2H3. The fourth-order valence-corrected chi connectivity index (χ4v) is 3.75. The van der Waals surface area contributed by atoms with Gasteiger partial charge in [-0.05, 0) is 32.9 Å². The molecule has 140 valence electrons. The van der Waals surface area contributed by atoms with Crippen molar-refractivity contribution in [3.63, 3.8) is 0 Å². The number of carbonyl (C=O) groups is 1. The summed E-state index contributed by atoms with van der Waals surface area (Å²) in [5.74, 6) is 0.0739. The van der Waals surface area contributed by atoms with Crippen LogP contribution in [0.4, 0.5) is 0 Å². The number of fused-ring (bicyclic) bond motifs is 1. The van der Waals surface area contributed by atoms with Crippen LogP contribution < -0.4 is 5.32 Å². The molecule has 0 radical (unpaired) electrons. The first-order chi connectivity index (χ1) is 13.2. The molecule has 0 unspecified atom stereocenters. The minimum Gasteiger partial charge on any atom is -0.339 e. The number of likely N-dealkylation sites (tertiary alicyclic amines) is 1. The van der Waals surface area contributed by atoms with Crippen molar-refractivity contribution in [3.8, 4) is 11.3 Å². The summed E-state index contributed by atoms with van der Waals surface area (Å²) < 4.78 is 1.85. The number of nitrogens with one attached hydrogen (secondary N) is 1. The molecule has 1 aliphatic rings. The fraction of sp³-hybridized carbons (Fsp3) is 0.381. The lowest BCUT2D eigenvalue weighted by Gasteiger charge is -2.32. The van der Waals surface area contributed by atoms with E-state index in [1.807, 2.05) is 60.0 Å². The molecule has 6 heteroatoms. The number of hydrogen-bond donors (Lipinski definition) is 1. The number of rotatable bonds is 4. The van der Waals surface area contributed by atoms with E-state index in [1.165, 1.54) is 0 Å². The van der Waals surface area contributed by atoms with Crippen LogP contribution in [0.2, 0.25) is 0 Å². The number of aryl methyl sites for hydroxylation is 1. The van der Waals surface area contributed by atoms with Crippen LogP contribution in [0.1, 0.15) is 30.1 Å². The maximum atomic E-state index is 13.3. The third kappa shape index (κ3) is 3.32. The molecule has 0 atom stereocenters. The van der Waals surface area contributed by atoms with Gasteiger partial charge in [0.25, 0.3) is 5.91 Å². The van der Waals surface area contributed by atoms with E-state index in [9.17, 15) is 4.79 Å². The van der Waals surface area contributed by atoms with Crippen molar-refractivity contribution < 1.29 is 4.79 Å². The topological polar surface area (TPSA) is 63.1 Å². The monoisotopic (exact) mass is 363 g/mol. The first-order valence-corrected chi connectivity index (χ1v) is 9.59. The molecule has 1 aromatic carbocycles. The summed E-state index contributed by atoms with van der Waals surface area (Å²) in [4.78, 5) is 20.1. The molecule has 4 rings (SSSR count). The Hall–Kier alpha value is -2.73. The lowest BCUT2D eigenvalue weighted by Crippen LogP contribution is -2.44. The average Bonchev–Trinajstić information content (AvgIpc) is 3.16. The summed E-state index contributed by atoms with van der Waals surface area (Å²) in [5, 5.41) is 8.58. The van der Waals surface area contributed by atoms with Gasteiger partial charge in [0.1, 0.15) is 0 Å². The van der Waals surface area contributed by atoms with E-state index in [4.69, 9.17) is 4.98 Å². The van der Waals surface area contributed by atoms with E-state index in [0.717, 1.165) is 54.8 Å². The minimum atomic E-state index is 0.0739. The van der Waals surface area contributed by atoms with Gasteiger partial charge in [0.15, 0.2) is 5.65 Å². The number of hydrogen-bond acceptors (Lipinski definition) is 4. The minimum absolute atomic E-state index is 0.0739. The van der Waals surface area contributed by atoms with Gasteiger partial charge in [0, 0.05) is 31.2 Å². The Morgan fingerprint density at radius 2 is 1.96 bits per heavy atom. The predicted molar refractivity (Wildman–Crippen MR) is 107 cm³/mol. The van der Waals surface area contributed by atoms with Gasteiger partial charge in [-0.3, -0.25) is 4.79 Å². The molecule has 1 amide bonds. The van der Waals surface area contributed by atoms with Crippen molar-refractivity contribution >= 4 is 16.9 Å². The van der Waals surface area contributed by atoms with E-state index in [1.54, 1.807) is 6.20 Å². The Labute approximate surface area is 159 Å². The number of piperidine rings is 1. The molecule has 1 aliphatic heterocycles. The van der Waals surface area contributed by atoms with Crippen LogP contribution in [0.15, 0.2) is 42.6 Å². The van der Waals surface area contributed by atoms with Crippen LogP contribution in [-0.2, 0) is 6.54 Å². The number of nitrogens with zero attached hydrogens (tertiary/aromatic N) is 4. The smallest absolute Gasteiger partial charge is 0.254 e. The zero-order valence-corrected chi connectivity index (χ0v) is 15.9. The Kier molecular flexibility index (Phi) is 4.90. The summed E-state index contributed by atoms with van der Waals surface area (Å²) in [6.07, 6.45) is 3.74. The quantitative estimate of drug-likeness (QED) is 0.774. The lowest BCUT2D eigenvalue weighted by molar-refractivity contribution is 0.0709. The van der Waals surface area contributed by atoms with Crippen molar-refractivity contribution in [2.24, 2.45) is 0 Å². The van der Waals surface area contributed by atoms with E-state index >= 15 is 0 Å². The van der Waals surface area contributed by atoms with Gasteiger partial charge in [-0.15, -0.1) is 0 Å². The molecular formula is C21H25N5O. The molecule has 2 aromatic heterocycles. The van der Waals surface area contributed by atoms with E-state index in [2.05, 4.69) is 10.4 Å². The summed E-state index contributed by atoms with van der Waals surface area (Å²) in [7, 11) is 1.99. The molecule has 3 aromatic rings. The third-order valence-electron chi connectivity index (χ3n) is 5.40. The fourth-order valence-electron chi connectivity index (χ4n) is 3.75. The van der Waals surface area contributed by atoms with Crippen molar-refractivity contribution in [2.45, 2.75) is 32.4 Å². The number of amides is 1. The van der Waals surface area contributed by atoms with Crippen molar-refractivity contribution in [1.29, 1.82) is 0 Å². The number of carbonyl (C=O) groups excluding carboxylic acids is 1. The van der Waals surface area contributed by atoms with Gasteiger partial charge in [0.05, 0.1) is 22.8 Å². The maximum absolute atomic E-state index is 13.3. The molecule has 3 heterocycles. The zero-order valence-electron chi connectivity index (χ0n) is 15.9. The Balaban J connectivity index is 1.77. The highest BCUT2D eigenvalue weighted by Gasteiger charge is 2.25. The summed E-state index contributed by atoms with van der Waals surface area (Å²) >= 11 is 0. The normalized spacial score (nSPS) is 15.4. The second kappa shape index (κ2) is 7.48. The summed E-state index contributed by atoms with van der Waals surface area (Å²) in [5.41, 5.74) is 3.28. The second-order valence-corrected chi connectivity index (χ2v) is 6.97. The van der Waals surface area contributed by atoms with E-state index in [-0.39, 0.29) is 5.91 Å². The highest BCUT2D eigenvalue weighted by atomic mass is 16.2. The van der Waals surface area contributed by atoms with Crippen molar-refractivity contribution in [2.75, 3.05) is 20.1 Å². The highest BCUT2D eigenvalue weighted by molar-refractivity contribution is 6.06. The van der Waals surface area contributed by atoms with E-state index < -0.39 is 0 Å². The van der Waals surface area contributed by atoms with Gasteiger partial charge in [-0.25, -0.2) is 9.67 Å². The molecule has 6 nitrogen and oxygen atoms in total. The first kappa shape index (κ1) is 17.7. The number of benzene rings is 1. The van der Waals surface area contributed by atoms with Crippen LogP contribution in [0.3, 0.4) is 0 Å². The first-order valence-electron chi connectivity index (χ1n) is 9.59. The van der Waals surface area contributed by atoms with Crippen LogP contribution in [-0.4, -0.2) is 51.8 Å². The van der Waals surface area contributed by atoms with Crippen molar-refractivity contribution in [3.05, 3.63) is 48.2 Å². The van der Waals surface area contributed by atoms with Gasteiger partial charge in [0.2, 0.25) is 0 Å². The van der Waals surface area contributed by atoms with Gasteiger partial charge in [-0.1, -0.05) is 30.3 Å².